The summed E-state index contributed by atoms with van der Waals surface area (Å²) in [6, 6.07) is 5.34. The molecule has 1 amide bonds. The molecule has 1 rings (SSSR count). The van der Waals surface area contributed by atoms with E-state index in [0.717, 1.165) is 10.0 Å². The highest BCUT2D eigenvalue weighted by atomic mass is 79.9. The second-order valence-electron chi connectivity index (χ2n) is 2.57. The highest BCUT2D eigenvalue weighted by Gasteiger charge is 2.00. The van der Waals surface area contributed by atoms with Gasteiger partial charge in [-0.1, -0.05) is 22.0 Å². The van der Waals surface area contributed by atoms with E-state index >= 15 is 0 Å². The molecule has 0 spiro atoms. The standard InChI is InChI=1S/C9H8BrNO2/c1-6-2-3-7(4-8(6)10)11-9(13)5-12/h2-5H,1H3,(H,11,13). The summed E-state index contributed by atoms with van der Waals surface area (Å²) in [7, 11) is 0. The Hall–Kier alpha value is -1.16. The Morgan fingerprint density at radius 2 is 2.23 bits per heavy atom. The number of nitrogens with one attached hydrogen (secondary N) is 1. The van der Waals surface area contributed by atoms with Gasteiger partial charge in [0.05, 0.1) is 0 Å². The molecule has 68 valence electrons. The van der Waals surface area contributed by atoms with Crippen molar-refractivity contribution >= 4 is 33.8 Å². The van der Waals surface area contributed by atoms with Crippen LogP contribution in [-0.2, 0) is 9.59 Å². The fourth-order valence-corrected chi connectivity index (χ4v) is 1.22. The van der Waals surface area contributed by atoms with E-state index in [2.05, 4.69) is 21.2 Å². The number of halogens is 1. The second kappa shape index (κ2) is 4.18. The first-order chi connectivity index (χ1) is 6.13. The normalized spacial score (nSPS) is 9.38. The van der Waals surface area contributed by atoms with Gasteiger partial charge in [-0.15, -0.1) is 0 Å². The van der Waals surface area contributed by atoms with Crippen molar-refractivity contribution in [3.63, 3.8) is 0 Å². The van der Waals surface area contributed by atoms with Crippen LogP contribution in [0, 0.1) is 6.92 Å². The Balaban J connectivity index is 2.85. The third-order valence-corrected chi connectivity index (χ3v) is 2.40. The molecule has 0 atom stereocenters. The van der Waals surface area contributed by atoms with Gasteiger partial charge in [-0.2, -0.15) is 0 Å². The number of hydrogen-bond donors (Lipinski definition) is 1. The smallest absolute Gasteiger partial charge is 0.288 e. The lowest BCUT2D eigenvalue weighted by molar-refractivity contribution is -0.127. The average Bonchev–Trinajstić information content (AvgIpc) is 2.11. The molecular weight excluding hydrogens is 234 g/mol. The average molecular weight is 242 g/mol. The Kier molecular flexibility index (Phi) is 3.19. The van der Waals surface area contributed by atoms with Gasteiger partial charge in [-0.05, 0) is 24.6 Å². The minimum absolute atomic E-state index is 0.244. The molecule has 0 unspecified atom stereocenters. The van der Waals surface area contributed by atoms with Crippen LogP contribution in [0.5, 0.6) is 0 Å². The molecule has 3 nitrogen and oxygen atoms in total. The fourth-order valence-electron chi connectivity index (χ4n) is 0.842. The minimum Gasteiger partial charge on any atom is -0.320 e. The lowest BCUT2D eigenvalue weighted by atomic mass is 10.2. The third-order valence-electron chi connectivity index (χ3n) is 1.55. The lowest BCUT2D eigenvalue weighted by Crippen LogP contribution is -2.11. The maximum Gasteiger partial charge on any atom is 0.288 e. The number of aryl methyl sites for hydroxylation is 1. The molecule has 0 saturated heterocycles. The van der Waals surface area contributed by atoms with E-state index in [9.17, 15) is 9.59 Å². The summed E-state index contributed by atoms with van der Waals surface area (Å²) >= 11 is 3.32. The summed E-state index contributed by atoms with van der Waals surface area (Å²) in [5, 5.41) is 2.42. The monoisotopic (exact) mass is 241 g/mol. The quantitative estimate of drug-likeness (QED) is 0.635. The fraction of sp³-hybridized carbons (Fsp3) is 0.111. The molecule has 0 saturated carbocycles. The van der Waals surface area contributed by atoms with Crippen molar-refractivity contribution in [2.75, 3.05) is 5.32 Å². The van der Waals surface area contributed by atoms with Gasteiger partial charge < -0.3 is 5.32 Å². The van der Waals surface area contributed by atoms with Crippen LogP contribution in [0.15, 0.2) is 22.7 Å². The Labute approximate surface area is 84.3 Å². The zero-order chi connectivity index (χ0) is 9.84. The predicted molar refractivity (Wildman–Crippen MR) is 53.6 cm³/mol. The van der Waals surface area contributed by atoms with Gasteiger partial charge in [0.2, 0.25) is 6.29 Å². The van der Waals surface area contributed by atoms with E-state index in [0.29, 0.717) is 5.69 Å². The Morgan fingerprint density at radius 3 is 2.77 bits per heavy atom. The number of benzene rings is 1. The zero-order valence-corrected chi connectivity index (χ0v) is 8.59. The van der Waals surface area contributed by atoms with Crippen LogP contribution in [0.2, 0.25) is 0 Å². The molecule has 0 fully saturated rings. The SMILES string of the molecule is Cc1ccc(NC(=O)C=O)cc1Br. The first kappa shape index (κ1) is 9.92. The maximum absolute atomic E-state index is 10.7. The summed E-state index contributed by atoms with van der Waals surface area (Å²) in [6.45, 7) is 1.94. The van der Waals surface area contributed by atoms with Gasteiger partial charge in [0.25, 0.3) is 5.91 Å². The topological polar surface area (TPSA) is 46.2 Å². The molecule has 0 bridgehead atoms. The van der Waals surface area contributed by atoms with E-state index < -0.39 is 5.91 Å². The van der Waals surface area contributed by atoms with Gasteiger partial charge in [-0.25, -0.2) is 0 Å². The molecule has 4 heteroatoms. The van der Waals surface area contributed by atoms with E-state index in [1.54, 1.807) is 12.1 Å². The molecular formula is C9H8BrNO2. The summed E-state index contributed by atoms with van der Waals surface area (Å²) in [6.07, 6.45) is 0.244. The zero-order valence-electron chi connectivity index (χ0n) is 7.00. The number of aldehydes is 1. The number of carbonyl (C=O) groups excluding carboxylic acids is 2. The first-order valence-corrected chi connectivity index (χ1v) is 4.45. The van der Waals surface area contributed by atoms with Crippen LogP contribution in [0.1, 0.15) is 5.56 Å². The van der Waals surface area contributed by atoms with Crippen molar-refractivity contribution in [3.05, 3.63) is 28.2 Å². The Morgan fingerprint density at radius 1 is 1.54 bits per heavy atom. The van der Waals surface area contributed by atoms with Gasteiger partial charge in [0, 0.05) is 10.2 Å². The van der Waals surface area contributed by atoms with Crippen molar-refractivity contribution in [1.29, 1.82) is 0 Å². The van der Waals surface area contributed by atoms with Crippen molar-refractivity contribution in [1.82, 2.24) is 0 Å². The molecule has 0 aliphatic heterocycles. The van der Waals surface area contributed by atoms with Gasteiger partial charge in [-0.3, -0.25) is 9.59 Å². The van der Waals surface area contributed by atoms with Crippen molar-refractivity contribution in [3.8, 4) is 0 Å². The molecule has 0 heterocycles. The molecule has 1 aromatic rings. The van der Waals surface area contributed by atoms with E-state index in [1.807, 2.05) is 13.0 Å². The van der Waals surface area contributed by atoms with Crippen LogP contribution in [0.25, 0.3) is 0 Å². The van der Waals surface area contributed by atoms with Crippen LogP contribution in [0.3, 0.4) is 0 Å². The van der Waals surface area contributed by atoms with Gasteiger partial charge in [0.15, 0.2) is 0 Å². The van der Waals surface area contributed by atoms with E-state index in [1.165, 1.54) is 0 Å². The predicted octanol–water partition coefficient (Wildman–Crippen LogP) is 1.89. The molecule has 0 aliphatic rings. The highest BCUT2D eigenvalue weighted by Crippen LogP contribution is 2.20. The van der Waals surface area contributed by atoms with Crippen molar-refractivity contribution in [2.24, 2.45) is 0 Å². The van der Waals surface area contributed by atoms with Crippen LogP contribution in [0.4, 0.5) is 5.69 Å². The maximum atomic E-state index is 10.7. The summed E-state index contributed by atoms with van der Waals surface area (Å²) in [4.78, 5) is 20.7. The lowest BCUT2D eigenvalue weighted by Gasteiger charge is -2.03. The molecule has 0 radical (unpaired) electrons. The third kappa shape index (κ3) is 2.66. The largest absolute Gasteiger partial charge is 0.320 e. The number of amides is 1. The van der Waals surface area contributed by atoms with Crippen LogP contribution >= 0.6 is 15.9 Å². The summed E-state index contributed by atoms with van der Waals surface area (Å²) in [5.74, 6) is -0.643. The van der Waals surface area contributed by atoms with E-state index in [4.69, 9.17) is 0 Å². The summed E-state index contributed by atoms with van der Waals surface area (Å²) in [5.41, 5.74) is 1.68. The minimum atomic E-state index is -0.643. The molecule has 1 aromatic carbocycles. The molecule has 13 heavy (non-hydrogen) atoms. The van der Waals surface area contributed by atoms with Crippen LogP contribution < -0.4 is 5.32 Å². The van der Waals surface area contributed by atoms with Crippen LogP contribution in [-0.4, -0.2) is 12.2 Å². The van der Waals surface area contributed by atoms with Crippen molar-refractivity contribution < 1.29 is 9.59 Å². The molecule has 1 N–H and O–H groups in total. The Bertz CT molecular complexity index is 349. The van der Waals surface area contributed by atoms with E-state index in [-0.39, 0.29) is 6.29 Å². The van der Waals surface area contributed by atoms with Gasteiger partial charge in [0.1, 0.15) is 0 Å². The number of carbonyl (C=O) groups is 2. The van der Waals surface area contributed by atoms with Gasteiger partial charge >= 0.3 is 0 Å². The number of rotatable bonds is 2. The number of hydrogen-bond acceptors (Lipinski definition) is 2. The number of anilines is 1. The summed E-state index contributed by atoms with van der Waals surface area (Å²) < 4.78 is 0.899. The molecule has 0 aliphatic carbocycles. The van der Waals surface area contributed by atoms with Crippen molar-refractivity contribution in [2.45, 2.75) is 6.92 Å². The first-order valence-electron chi connectivity index (χ1n) is 3.66. The second-order valence-corrected chi connectivity index (χ2v) is 3.43. The highest BCUT2D eigenvalue weighted by molar-refractivity contribution is 9.10. The molecule has 0 aromatic heterocycles.